The Kier molecular flexibility index (Phi) is 15.2. The number of aromatic hydroxyl groups is 1. The van der Waals surface area contributed by atoms with E-state index in [-0.39, 0.29) is 36.5 Å². The maximum atomic E-state index is 13.8. The van der Waals surface area contributed by atoms with Gasteiger partial charge in [0.05, 0.1) is 13.1 Å². The second-order valence-electron chi connectivity index (χ2n) is 13.8. The van der Waals surface area contributed by atoms with Gasteiger partial charge in [0, 0.05) is 13.0 Å². The first kappa shape index (κ1) is 40.7. The average Bonchev–Trinajstić information content (AvgIpc) is 3.62. The van der Waals surface area contributed by atoms with Gasteiger partial charge in [0.15, 0.2) is 0 Å². The van der Waals surface area contributed by atoms with Crippen molar-refractivity contribution < 1.29 is 38.7 Å². The molecule has 0 spiro atoms. The SMILES string of the molecule is CCC(C)C1NC(=O)C(C(C)CC)NC(=O)C(C(C)CC)NC(=O)C2CCCN2C(=O)CNC(=O)C(Cc2ccc(O)cc2)NC(=O)CNC1=O. The second-order valence-corrected chi connectivity index (χ2v) is 13.8. The van der Waals surface area contributed by atoms with E-state index in [1.807, 2.05) is 27.7 Å². The number of phenolic OH excluding ortho intramolecular Hbond substituents is 1. The predicted octanol–water partition coefficient (Wildman–Crippen LogP) is 0.249. The number of amides is 7. The molecular weight excluding hydrogens is 658 g/mol. The summed E-state index contributed by atoms with van der Waals surface area (Å²) in [7, 11) is 0. The fourth-order valence-electron chi connectivity index (χ4n) is 6.17. The van der Waals surface area contributed by atoms with Crippen molar-refractivity contribution in [3.8, 4) is 5.75 Å². The molecule has 8 unspecified atom stereocenters. The summed E-state index contributed by atoms with van der Waals surface area (Å²) in [6.45, 7) is 10.3. The normalized spacial score (nSPS) is 26.6. The van der Waals surface area contributed by atoms with Crippen molar-refractivity contribution >= 4 is 41.4 Å². The molecule has 0 bridgehead atoms. The maximum Gasteiger partial charge on any atom is 0.243 e. The lowest BCUT2D eigenvalue weighted by Crippen LogP contribution is -2.61. The van der Waals surface area contributed by atoms with Crippen molar-refractivity contribution in [1.82, 2.24) is 36.8 Å². The summed E-state index contributed by atoms with van der Waals surface area (Å²) in [4.78, 5) is 96.1. The molecule has 2 fully saturated rings. The molecule has 2 aliphatic rings. The van der Waals surface area contributed by atoms with Crippen molar-refractivity contribution in [3.05, 3.63) is 29.8 Å². The number of hydrogen-bond donors (Lipinski definition) is 7. The Morgan fingerprint density at radius 3 is 1.69 bits per heavy atom. The van der Waals surface area contributed by atoms with E-state index in [9.17, 15) is 38.7 Å². The van der Waals surface area contributed by atoms with Crippen molar-refractivity contribution in [2.45, 2.75) is 110 Å². The zero-order chi connectivity index (χ0) is 37.8. The Labute approximate surface area is 299 Å². The molecule has 3 rings (SSSR count). The molecule has 1 aromatic rings. The van der Waals surface area contributed by atoms with Crippen LogP contribution in [0.2, 0.25) is 0 Å². The number of hydrogen-bond acceptors (Lipinski definition) is 8. The Balaban J connectivity index is 1.99. The van der Waals surface area contributed by atoms with Gasteiger partial charge in [0.25, 0.3) is 0 Å². The fourth-order valence-corrected chi connectivity index (χ4v) is 6.17. The van der Waals surface area contributed by atoms with Gasteiger partial charge in [0.2, 0.25) is 41.4 Å². The topological polar surface area (TPSA) is 215 Å². The third kappa shape index (κ3) is 11.1. The summed E-state index contributed by atoms with van der Waals surface area (Å²) in [5, 5.41) is 25.9. The highest BCUT2D eigenvalue weighted by atomic mass is 16.3. The molecule has 0 aliphatic carbocycles. The first-order valence-electron chi connectivity index (χ1n) is 18.0. The highest BCUT2D eigenvalue weighted by molar-refractivity contribution is 5.97. The molecule has 51 heavy (non-hydrogen) atoms. The monoisotopic (exact) mass is 713 g/mol. The van der Waals surface area contributed by atoms with Crippen molar-refractivity contribution in [2.75, 3.05) is 19.6 Å². The third-order valence-electron chi connectivity index (χ3n) is 10.1. The molecule has 15 heteroatoms. The fraction of sp³-hybridized carbons (Fsp3) is 0.639. The number of benzene rings is 1. The third-order valence-corrected chi connectivity index (χ3v) is 10.1. The van der Waals surface area contributed by atoms with E-state index < -0.39 is 84.6 Å². The van der Waals surface area contributed by atoms with Gasteiger partial charge < -0.3 is 41.9 Å². The molecular formula is C36H55N7O8. The molecule has 282 valence electrons. The van der Waals surface area contributed by atoms with Crippen molar-refractivity contribution in [1.29, 1.82) is 0 Å². The van der Waals surface area contributed by atoms with E-state index in [0.717, 1.165) is 0 Å². The van der Waals surface area contributed by atoms with E-state index in [4.69, 9.17) is 0 Å². The molecule has 8 atom stereocenters. The lowest BCUT2D eigenvalue weighted by Gasteiger charge is -2.32. The minimum atomic E-state index is -1.16. The molecule has 0 radical (unpaired) electrons. The smallest absolute Gasteiger partial charge is 0.243 e. The summed E-state index contributed by atoms with van der Waals surface area (Å²) >= 11 is 0. The number of carbonyl (C=O) groups is 7. The van der Waals surface area contributed by atoms with E-state index in [0.29, 0.717) is 37.7 Å². The quantitative estimate of drug-likeness (QED) is 0.198. The Hall–Kier alpha value is -4.69. The molecule has 7 N–H and O–H groups in total. The molecule has 0 saturated carbocycles. The molecule has 2 saturated heterocycles. The Morgan fingerprint density at radius 2 is 1.16 bits per heavy atom. The average molecular weight is 714 g/mol. The van der Waals surface area contributed by atoms with Gasteiger partial charge in [-0.3, -0.25) is 33.6 Å². The highest BCUT2D eigenvalue weighted by Gasteiger charge is 2.39. The zero-order valence-corrected chi connectivity index (χ0v) is 30.5. The minimum absolute atomic E-state index is 0.00924. The maximum absolute atomic E-state index is 13.8. The zero-order valence-electron chi connectivity index (χ0n) is 30.5. The van der Waals surface area contributed by atoms with Crippen LogP contribution in [-0.2, 0) is 40.0 Å². The van der Waals surface area contributed by atoms with Crippen LogP contribution in [0.5, 0.6) is 5.75 Å². The predicted molar refractivity (Wildman–Crippen MR) is 189 cm³/mol. The number of phenols is 1. The first-order valence-corrected chi connectivity index (χ1v) is 18.0. The van der Waals surface area contributed by atoms with Crippen LogP contribution in [0.3, 0.4) is 0 Å². The van der Waals surface area contributed by atoms with Gasteiger partial charge in [-0.25, -0.2) is 0 Å². The number of nitrogens with one attached hydrogen (secondary N) is 6. The van der Waals surface area contributed by atoms with Crippen molar-refractivity contribution in [3.63, 3.8) is 0 Å². The number of rotatable bonds is 8. The Morgan fingerprint density at radius 1 is 0.667 bits per heavy atom. The summed E-state index contributed by atoms with van der Waals surface area (Å²) in [5.74, 6) is -5.15. The van der Waals surface area contributed by atoms with E-state index in [2.05, 4.69) is 31.9 Å². The first-order chi connectivity index (χ1) is 24.2. The van der Waals surface area contributed by atoms with Gasteiger partial charge in [0.1, 0.15) is 36.0 Å². The molecule has 15 nitrogen and oxygen atoms in total. The van der Waals surface area contributed by atoms with Crippen LogP contribution >= 0.6 is 0 Å². The highest BCUT2D eigenvalue weighted by Crippen LogP contribution is 2.20. The lowest BCUT2D eigenvalue weighted by molar-refractivity contribution is -0.140. The van der Waals surface area contributed by atoms with Crippen LogP contribution in [0.1, 0.15) is 79.2 Å². The van der Waals surface area contributed by atoms with E-state index in [1.54, 1.807) is 26.0 Å². The number of carbonyl (C=O) groups excluding carboxylic acids is 7. The van der Waals surface area contributed by atoms with Crippen LogP contribution in [0.4, 0.5) is 0 Å². The van der Waals surface area contributed by atoms with Gasteiger partial charge in [-0.15, -0.1) is 0 Å². The summed E-state index contributed by atoms with van der Waals surface area (Å²) in [5.41, 5.74) is 0.611. The van der Waals surface area contributed by atoms with E-state index >= 15 is 0 Å². The lowest BCUT2D eigenvalue weighted by atomic mass is 9.93. The minimum Gasteiger partial charge on any atom is -0.508 e. The summed E-state index contributed by atoms with van der Waals surface area (Å²) in [6, 6.07) is 0.925. The van der Waals surface area contributed by atoms with Crippen LogP contribution in [0, 0.1) is 17.8 Å². The van der Waals surface area contributed by atoms with Crippen LogP contribution in [0.15, 0.2) is 24.3 Å². The molecule has 1 aromatic carbocycles. The van der Waals surface area contributed by atoms with Gasteiger partial charge in [-0.2, -0.15) is 0 Å². The molecule has 2 heterocycles. The van der Waals surface area contributed by atoms with Crippen LogP contribution in [-0.4, -0.2) is 101 Å². The van der Waals surface area contributed by atoms with E-state index in [1.165, 1.54) is 17.0 Å². The Bertz CT molecular complexity index is 1420. The molecule has 2 aliphatic heterocycles. The molecule has 7 amide bonds. The van der Waals surface area contributed by atoms with Crippen LogP contribution in [0.25, 0.3) is 0 Å². The largest absolute Gasteiger partial charge is 0.508 e. The van der Waals surface area contributed by atoms with Gasteiger partial charge in [-0.05, 0) is 48.3 Å². The molecule has 0 aromatic heterocycles. The number of fused-ring (bicyclic) bond motifs is 1. The van der Waals surface area contributed by atoms with Crippen LogP contribution < -0.4 is 31.9 Å². The van der Waals surface area contributed by atoms with Crippen molar-refractivity contribution in [2.24, 2.45) is 17.8 Å². The number of nitrogens with zero attached hydrogens (tertiary/aromatic N) is 1. The van der Waals surface area contributed by atoms with Gasteiger partial charge in [-0.1, -0.05) is 72.9 Å². The summed E-state index contributed by atoms with van der Waals surface area (Å²) in [6.07, 6.45) is 2.48. The second kappa shape index (κ2) is 19.1. The standard InChI is InChI=1S/C36H55N7O8/c1-7-20(4)29-34(49)37-18-27(45)39-25(17-23-12-14-24(44)15-13-23)32(47)38-19-28(46)43-16-10-11-26(43)33(48)40-30(21(5)8-2)35(50)42-31(22(6)9-3)36(51)41-29/h12-15,20-22,25-26,29-31,44H,7-11,16-19H2,1-6H3,(H,37,49)(H,38,47)(H,39,45)(H,40,48)(H,41,51)(H,42,50). The van der Waals surface area contributed by atoms with Gasteiger partial charge >= 0.3 is 0 Å². The summed E-state index contributed by atoms with van der Waals surface area (Å²) < 4.78 is 0.